The van der Waals surface area contributed by atoms with Gasteiger partial charge in [0.05, 0.1) is 0 Å². The van der Waals surface area contributed by atoms with E-state index in [1.54, 1.807) is 18.2 Å². The van der Waals surface area contributed by atoms with Crippen LogP contribution in [-0.4, -0.2) is 6.29 Å². The van der Waals surface area contributed by atoms with E-state index in [1.165, 1.54) is 12.1 Å². The molecule has 0 unspecified atom stereocenters. The molecule has 0 aromatic heterocycles. The van der Waals surface area contributed by atoms with Crippen LogP contribution in [0.25, 0.3) is 0 Å². The van der Waals surface area contributed by atoms with Crippen molar-refractivity contribution in [2.24, 2.45) is 0 Å². The summed E-state index contributed by atoms with van der Waals surface area (Å²) >= 11 is 5.84. The lowest BCUT2D eigenvalue weighted by Crippen LogP contribution is -2.02. The minimum Gasteiger partial charge on any atom is -0.488 e. The zero-order chi connectivity index (χ0) is 14.7. The molecule has 0 aliphatic carbocycles. The van der Waals surface area contributed by atoms with Gasteiger partial charge in [-0.1, -0.05) is 11.6 Å². The maximum atomic E-state index is 13.6. The largest absolute Gasteiger partial charge is 0.488 e. The maximum absolute atomic E-state index is 13.6. The average Bonchev–Trinajstić information content (AvgIpc) is 2.41. The quantitative estimate of drug-likeness (QED) is 0.776. The van der Waals surface area contributed by atoms with Crippen LogP contribution in [0.4, 0.5) is 4.39 Å². The molecule has 0 saturated carbocycles. The Balaban J connectivity index is 2.23. The van der Waals surface area contributed by atoms with Crippen LogP contribution in [0.1, 0.15) is 27.0 Å². The lowest BCUT2D eigenvalue weighted by molar-refractivity contribution is 0.112. The summed E-state index contributed by atoms with van der Waals surface area (Å²) in [5, 5.41) is 0.467. The Bertz CT molecular complexity index is 630. The Morgan fingerprint density at radius 2 is 1.85 bits per heavy atom. The van der Waals surface area contributed by atoms with Gasteiger partial charge < -0.3 is 4.74 Å². The highest BCUT2D eigenvalue weighted by molar-refractivity contribution is 6.30. The molecule has 0 N–H and O–H groups in total. The third-order valence-electron chi connectivity index (χ3n) is 3.00. The van der Waals surface area contributed by atoms with Crippen LogP contribution in [0.3, 0.4) is 0 Å². The Kier molecular flexibility index (Phi) is 4.40. The van der Waals surface area contributed by atoms with Gasteiger partial charge in [0.25, 0.3) is 0 Å². The Morgan fingerprint density at radius 1 is 1.20 bits per heavy atom. The fourth-order valence-electron chi connectivity index (χ4n) is 2.08. The molecule has 0 aliphatic heterocycles. The van der Waals surface area contributed by atoms with Gasteiger partial charge in [-0.3, -0.25) is 4.79 Å². The van der Waals surface area contributed by atoms with Crippen molar-refractivity contribution in [1.29, 1.82) is 0 Å². The molecule has 0 spiro atoms. The SMILES string of the molecule is Cc1cc(C=O)cc(C)c1OCc1cc(Cl)ccc1F. The van der Waals surface area contributed by atoms with Crippen LogP contribution in [0.5, 0.6) is 5.75 Å². The molecule has 2 aromatic rings. The van der Waals surface area contributed by atoms with E-state index in [2.05, 4.69) is 0 Å². The van der Waals surface area contributed by atoms with Gasteiger partial charge in [-0.2, -0.15) is 0 Å². The number of rotatable bonds is 4. The van der Waals surface area contributed by atoms with Crippen molar-refractivity contribution < 1.29 is 13.9 Å². The summed E-state index contributed by atoms with van der Waals surface area (Å²) in [7, 11) is 0. The molecule has 0 radical (unpaired) electrons. The fraction of sp³-hybridized carbons (Fsp3) is 0.188. The molecular weight excluding hydrogens is 279 g/mol. The summed E-state index contributed by atoms with van der Waals surface area (Å²) in [4.78, 5) is 10.8. The van der Waals surface area contributed by atoms with E-state index < -0.39 is 0 Å². The van der Waals surface area contributed by atoms with E-state index in [4.69, 9.17) is 16.3 Å². The van der Waals surface area contributed by atoms with Crippen LogP contribution in [0, 0.1) is 19.7 Å². The van der Waals surface area contributed by atoms with E-state index in [1.807, 2.05) is 13.8 Å². The first kappa shape index (κ1) is 14.5. The van der Waals surface area contributed by atoms with Gasteiger partial charge in [-0.05, 0) is 55.3 Å². The predicted octanol–water partition coefficient (Wildman–Crippen LogP) is 4.49. The molecule has 0 atom stereocenters. The van der Waals surface area contributed by atoms with Gasteiger partial charge in [0.15, 0.2) is 0 Å². The molecule has 0 saturated heterocycles. The average molecular weight is 293 g/mol. The van der Waals surface area contributed by atoms with Crippen molar-refractivity contribution in [3.63, 3.8) is 0 Å². The standard InChI is InChI=1S/C16H14ClFO2/c1-10-5-12(8-19)6-11(2)16(10)20-9-13-7-14(17)3-4-15(13)18/h3-8H,9H2,1-2H3. The molecule has 0 amide bonds. The van der Waals surface area contributed by atoms with E-state index in [9.17, 15) is 9.18 Å². The van der Waals surface area contributed by atoms with Crippen molar-refractivity contribution in [1.82, 2.24) is 0 Å². The second-order valence-corrected chi connectivity index (χ2v) is 5.06. The summed E-state index contributed by atoms with van der Waals surface area (Å²) < 4.78 is 19.3. The molecule has 4 heteroatoms. The number of ether oxygens (including phenoxy) is 1. The maximum Gasteiger partial charge on any atom is 0.150 e. The van der Waals surface area contributed by atoms with Gasteiger partial charge in [0.2, 0.25) is 0 Å². The molecule has 0 heterocycles. The topological polar surface area (TPSA) is 26.3 Å². The van der Waals surface area contributed by atoms with E-state index in [-0.39, 0.29) is 12.4 Å². The molecule has 20 heavy (non-hydrogen) atoms. The molecule has 2 rings (SSSR count). The number of hydrogen-bond donors (Lipinski definition) is 0. The monoisotopic (exact) mass is 292 g/mol. The first-order valence-corrected chi connectivity index (χ1v) is 6.52. The van der Waals surface area contributed by atoms with Crippen LogP contribution in [-0.2, 0) is 6.61 Å². The van der Waals surface area contributed by atoms with Crippen molar-refractivity contribution >= 4 is 17.9 Å². The van der Waals surface area contributed by atoms with E-state index >= 15 is 0 Å². The Morgan fingerprint density at radius 3 is 2.45 bits per heavy atom. The highest BCUT2D eigenvalue weighted by atomic mass is 35.5. The molecule has 2 nitrogen and oxygen atoms in total. The number of aldehydes is 1. The van der Waals surface area contributed by atoms with Crippen LogP contribution in [0.2, 0.25) is 5.02 Å². The van der Waals surface area contributed by atoms with Crippen LogP contribution >= 0.6 is 11.6 Å². The second-order valence-electron chi connectivity index (χ2n) is 4.63. The normalized spacial score (nSPS) is 10.4. The van der Waals surface area contributed by atoms with Crippen molar-refractivity contribution in [3.05, 3.63) is 63.4 Å². The molecule has 104 valence electrons. The van der Waals surface area contributed by atoms with E-state index in [0.717, 1.165) is 17.4 Å². The number of aryl methyl sites for hydroxylation is 2. The number of carbonyl (C=O) groups is 1. The number of benzene rings is 2. The number of hydrogen-bond acceptors (Lipinski definition) is 2. The van der Waals surface area contributed by atoms with Crippen molar-refractivity contribution in [2.45, 2.75) is 20.5 Å². The lowest BCUT2D eigenvalue weighted by atomic mass is 10.1. The van der Waals surface area contributed by atoms with Crippen LogP contribution < -0.4 is 4.74 Å². The lowest BCUT2D eigenvalue weighted by Gasteiger charge is -2.13. The van der Waals surface area contributed by atoms with Gasteiger partial charge in [0.1, 0.15) is 24.5 Å². The third-order valence-corrected chi connectivity index (χ3v) is 3.23. The highest BCUT2D eigenvalue weighted by Gasteiger charge is 2.09. The van der Waals surface area contributed by atoms with Gasteiger partial charge >= 0.3 is 0 Å². The molecule has 0 bridgehead atoms. The van der Waals surface area contributed by atoms with Crippen LogP contribution in [0.15, 0.2) is 30.3 Å². The zero-order valence-electron chi connectivity index (χ0n) is 11.2. The minimum atomic E-state index is -0.353. The number of halogens is 2. The first-order chi connectivity index (χ1) is 9.51. The smallest absolute Gasteiger partial charge is 0.150 e. The molecular formula is C16H14ClFO2. The van der Waals surface area contributed by atoms with Crippen molar-refractivity contribution in [3.8, 4) is 5.75 Å². The van der Waals surface area contributed by atoms with Gasteiger partial charge in [-0.25, -0.2) is 4.39 Å². The second kappa shape index (κ2) is 6.06. The van der Waals surface area contributed by atoms with Gasteiger partial charge in [-0.15, -0.1) is 0 Å². The Labute approximate surface area is 122 Å². The van der Waals surface area contributed by atoms with Gasteiger partial charge in [0, 0.05) is 16.1 Å². The molecule has 2 aromatic carbocycles. The minimum absolute atomic E-state index is 0.0918. The zero-order valence-corrected chi connectivity index (χ0v) is 12.0. The van der Waals surface area contributed by atoms with E-state index in [0.29, 0.717) is 21.9 Å². The fourth-order valence-corrected chi connectivity index (χ4v) is 2.28. The Hall–Kier alpha value is -1.87. The van der Waals surface area contributed by atoms with Crippen molar-refractivity contribution in [2.75, 3.05) is 0 Å². The molecule has 0 fully saturated rings. The summed E-state index contributed by atoms with van der Waals surface area (Å²) in [5.74, 6) is 0.309. The summed E-state index contributed by atoms with van der Waals surface area (Å²) in [6.07, 6.45) is 0.792. The highest BCUT2D eigenvalue weighted by Crippen LogP contribution is 2.26. The summed E-state index contributed by atoms with van der Waals surface area (Å²) in [5.41, 5.74) is 2.68. The molecule has 0 aliphatic rings. The third kappa shape index (κ3) is 3.17. The first-order valence-electron chi connectivity index (χ1n) is 6.14. The summed E-state index contributed by atoms with van der Waals surface area (Å²) in [6.45, 7) is 3.79. The number of carbonyl (C=O) groups excluding carboxylic acids is 1. The predicted molar refractivity (Wildman–Crippen MR) is 77.0 cm³/mol. The summed E-state index contributed by atoms with van der Waals surface area (Å²) in [6, 6.07) is 7.83.